The largest absolute Gasteiger partial charge is 0.313 e. The fraction of sp³-hybridized carbons (Fsp3) is 0.556. The number of benzene rings is 1. The molecular formula is C18H26N2S. The summed E-state index contributed by atoms with van der Waals surface area (Å²) in [6.45, 7) is 9.35. The summed E-state index contributed by atoms with van der Waals surface area (Å²) in [6.07, 6.45) is 2.65. The Morgan fingerprint density at radius 2 is 2.10 bits per heavy atom. The van der Waals surface area contributed by atoms with Crippen LogP contribution in [0, 0.1) is 0 Å². The van der Waals surface area contributed by atoms with Gasteiger partial charge in [0.1, 0.15) is 0 Å². The van der Waals surface area contributed by atoms with Crippen LogP contribution in [0.25, 0.3) is 10.1 Å². The van der Waals surface area contributed by atoms with Crippen LogP contribution in [-0.4, -0.2) is 30.1 Å². The molecule has 2 aromatic rings. The monoisotopic (exact) mass is 302 g/mol. The van der Waals surface area contributed by atoms with Gasteiger partial charge in [0.05, 0.1) is 0 Å². The molecule has 2 atom stereocenters. The van der Waals surface area contributed by atoms with E-state index in [0.29, 0.717) is 18.1 Å². The molecule has 1 aromatic carbocycles. The highest BCUT2D eigenvalue weighted by Gasteiger charge is 2.25. The zero-order valence-electron chi connectivity index (χ0n) is 13.3. The maximum atomic E-state index is 3.64. The van der Waals surface area contributed by atoms with Gasteiger partial charge in [0.2, 0.25) is 0 Å². The third kappa shape index (κ3) is 3.31. The SMILES string of the molecule is CC(C)N(CC1CCCN1)C(C)c1cc2ccccc2s1. The predicted octanol–water partition coefficient (Wildman–Crippen LogP) is 4.42. The Morgan fingerprint density at radius 3 is 2.76 bits per heavy atom. The molecule has 0 spiro atoms. The molecule has 0 radical (unpaired) electrons. The highest BCUT2D eigenvalue weighted by molar-refractivity contribution is 7.19. The van der Waals surface area contributed by atoms with Crippen LogP contribution < -0.4 is 5.32 Å². The van der Waals surface area contributed by atoms with Gasteiger partial charge in [0.15, 0.2) is 0 Å². The first-order valence-electron chi connectivity index (χ1n) is 8.13. The van der Waals surface area contributed by atoms with Crippen LogP contribution in [-0.2, 0) is 0 Å². The lowest BCUT2D eigenvalue weighted by Crippen LogP contribution is -2.42. The fourth-order valence-corrected chi connectivity index (χ4v) is 4.49. The molecule has 0 bridgehead atoms. The quantitative estimate of drug-likeness (QED) is 0.879. The maximum absolute atomic E-state index is 3.64. The number of thiophene rings is 1. The van der Waals surface area contributed by atoms with Crippen LogP contribution in [0.1, 0.15) is 44.5 Å². The van der Waals surface area contributed by atoms with Crippen molar-refractivity contribution >= 4 is 21.4 Å². The van der Waals surface area contributed by atoms with Crippen LogP contribution in [0.15, 0.2) is 30.3 Å². The number of hydrogen-bond acceptors (Lipinski definition) is 3. The summed E-state index contributed by atoms with van der Waals surface area (Å²) in [5.41, 5.74) is 0. The molecule has 114 valence electrons. The molecule has 1 aliphatic heterocycles. The van der Waals surface area contributed by atoms with E-state index in [4.69, 9.17) is 0 Å². The topological polar surface area (TPSA) is 15.3 Å². The van der Waals surface area contributed by atoms with Crippen molar-refractivity contribution < 1.29 is 0 Å². The van der Waals surface area contributed by atoms with Gasteiger partial charge in [-0.15, -0.1) is 11.3 Å². The number of fused-ring (bicyclic) bond motifs is 1. The molecular weight excluding hydrogens is 276 g/mol. The third-order valence-electron chi connectivity index (χ3n) is 4.61. The summed E-state index contributed by atoms with van der Waals surface area (Å²) in [5.74, 6) is 0. The zero-order valence-corrected chi connectivity index (χ0v) is 14.1. The minimum atomic E-state index is 0.491. The van der Waals surface area contributed by atoms with Crippen LogP contribution in [0.2, 0.25) is 0 Å². The minimum absolute atomic E-state index is 0.491. The predicted molar refractivity (Wildman–Crippen MR) is 93.1 cm³/mol. The lowest BCUT2D eigenvalue weighted by molar-refractivity contribution is 0.152. The van der Waals surface area contributed by atoms with Gasteiger partial charge in [0, 0.05) is 34.2 Å². The van der Waals surface area contributed by atoms with E-state index in [2.05, 4.69) is 61.3 Å². The summed E-state index contributed by atoms with van der Waals surface area (Å²) in [5, 5.41) is 5.02. The average Bonchev–Trinajstić information content (AvgIpc) is 3.12. The van der Waals surface area contributed by atoms with Crippen LogP contribution in [0.5, 0.6) is 0 Å². The number of nitrogens with one attached hydrogen (secondary N) is 1. The Balaban J connectivity index is 1.80. The van der Waals surface area contributed by atoms with E-state index in [9.17, 15) is 0 Å². The van der Waals surface area contributed by atoms with Gasteiger partial charge in [-0.1, -0.05) is 18.2 Å². The molecule has 2 unspecified atom stereocenters. The normalized spacial score (nSPS) is 20.7. The summed E-state index contributed by atoms with van der Waals surface area (Å²) in [7, 11) is 0. The number of nitrogens with zero attached hydrogens (tertiary/aromatic N) is 1. The van der Waals surface area contributed by atoms with Gasteiger partial charge in [-0.05, 0) is 57.7 Å². The van der Waals surface area contributed by atoms with E-state index in [0.717, 1.165) is 6.54 Å². The average molecular weight is 302 g/mol. The first-order chi connectivity index (χ1) is 10.1. The molecule has 0 saturated carbocycles. The molecule has 3 rings (SSSR count). The standard InChI is InChI=1S/C18H26N2S/c1-13(2)20(12-16-8-6-10-19-16)14(3)18-11-15-7-4-5-9-17(15)21-18/h4-5,7,9,11,13-14,16,19H,6,8,10,12H2,1-3H3. The van der Waals surface area contributed by atoms with E-state index in [1.165, 1.54) is 34.3 Å². The highest BCUT2D eigenvalue weighted by Crippen LogP contribution is 2.33. The van der Waals surface area contributed by atoms with Crippen molar-refractivity contribution in [3.63, 3.8) is 0 Å². The van der Waals surface area contributed by atoms with Crippen molar-refractivity contribution in [2.24, 2.45) is 0 Å². The maximum Gasteiger partial charge on any atom is 0.0417 e. The van der Waals surface area contributed by atoms with Crippen LogP contribution in [0.3, 0.4) is 0 Å². The minimum Gasteiger partial charge on any atom is -0.313 e. The van der Waals surface area contributed by atoms with Crippen molar-refractivity contribution in [1.82, 2.24) is 10.2 Å². The molecule has 1 aliphatic rings. The first kappa shape index (κ1) is 15.0. The summed E-state index contributed by atoms with van der Waals surface area (Å²) < 4.78 is 1.40. The molecule has 21 heavy (non-hydrogen) atoms. The molecule has 2 nitrogen and oxygen atoms in total. The van der Waals surface area contributed by atoms with Crippen LogP contribution in [0.4, 0.5) is 0 Å². The van der Waals surface area contributed by atoms with E-state index >= 15 is 0 Å². The molecule has 1 N–H and O–H groups in total. The van der Waals surface area contributed by atoms with E-state index in [-0.39, 0.29) is 0 Å². The Labute approximate surface area is 132 Å². The Hall–Kier alpha value is -0.900. The Morgan fingerprint density at radius 1 is 1.29 bits per heavy atom. The molecule has 0 amide bonds. The van der Waals surface area contributed by atoms with Gasteiger partial charge in [-0.3, -0.25) is 4.90 Å². The second-order valence-electron chi connectivity index (χ2n) is 6.45. The van der Waals surface area contributed by atoms with Crippen molar-refractivity contribution in [3.05, 3.63) is 35.2 Å². The fourth-order valence-electron chi connectivity index (χ4n) is 3.35. The van der Waals surface area contributed by atoms with Crippen molar-refractivity contribution in [3.8, 4) is 0 Å². The molecule has 1 saturated heterocycles. The van der Waals surface area contributed by atoms with E-state index < -0.39 is 0 Å². The number of hydrogen-bond donors (Lipinski definition) is 1. The van der Waals surface area contributed by atoms with Crippen molar-refractivity contribution in [2.75, 3.05) is 13.1 Å². The number of rotatable bonds is 5. The molecule has 0 aliphatic carbocycles. The van der Waals surface area contributed by atoms with Gasteiger partial charge in [0.25, 0.3) is 0 Å². The van der Waals surface area contributed by atoms with Gasteiger partial charge >= 0.3 is 0 Å². The second kappa shape index (κ2) is 6.47. The smallest absolute Gasteiger partial charge is 0.0417 e. The lowest BCUT2D eigenvalue weighted by Gasteiger charge is -2.34. The molecule has 1 aromatic heterocycles. The summed E-state index contributed by atoms with van der Waals surface area (Å²) in [4.78, 5) is 4.14. The Kier molecular flexibility index (Phi) is 4.63. The molecule has 1 fully saturated rings. The van der Waals surface area contributed by atoms with Crippen molar-refractivity contribution in [2.45, 2.75) is 51.7 Å². The van der Waals surface area contributed by atoms with Gasteiger partial charge < -0.3 is 5.32 Å². The lowest BCUT2D eigenvalue weighted by atomic mass is 10.1. The van der Waals surface area contributed by atoms with E-state index in [1.807, 2.05) is 11.3 Å². The highest BCUT2D eigenvalue weighted by atomic mass is 32.1. The van der Waals surface area contributed by atoms with Crippen LogP contribution >= 0.6 is 11.3 Å². The van der Waals surface area contributed by atoms with Gasteiger partial charge in [-0.25, -0.2) is 0 Å². The molecule has 2 heterocycles. The third-order valence-corrected chi connectivity index (χ3v) is 5.90. The van der Waals surface area contributed by atoms with E-state index in [1.54, 1.807) is 0 Å². The first-order valence-corrected chi connectivity index (χ1v) is 8.94. The Bertz CT molecular complexity index is 551. The van der Waals surface area contributed by atoms with Gasteiger partial charge in [-0.2, -0.15) is 0 Å². The van der Waals surface area contributed by atoms with Crippen molar-refractivity contribution in [1.29, 1.82) is 0 Å². The molecule has 3 heteroatoms. The summed E-state index contributed by atoms with van der Waals surface area (Å²) >= 11 is 1.95. The second-order valence-corrected chi connectivity index (χ2v) is 7.56. The summed E-state index contributed by atoms with van der Waals surface area (Å²) in [6, 6.07) is 12.8. The zero-order chi connectivity index (χ0) is 14.8.